The first-order valence-corrected chi connectivity index (χ1v) is 7.71. The lowest BCUT2D eigenvalue weighted by atomic mass is 9.94. The van der Waals surface area contributed by atoms with Gasteiger partial charge in [0.1, 0.15) is 5.75 Å². The van der Waals surface area contributed by atoms with Gasteiger partial charge in [-0.2, -0.15) is 0 Å². The summed E-state index contributed by atoms with van der Waals surface area (Å²) in [6, 6.07) is 7.97. The SMILES string of the molecule is CCC(N)(CC)CNC(=O)CCCc1ccc(OC)cc1. The second-order valence-corrected chi connectivity index (χ2v) is 5.55. The van der Waals surface area contributed by atoms with Gasteiger partial charge in [0.15, 0.2) is 0 Å². The third-order valence-electron chi connectivity index (χ3n) is 4.07. The number of amides is 1. The van der Waals surface area contributed by atoms with Crippen LogP contribution in [0.15, 0.2) is 24.3 Å². The zero-order valence-electron chi connectivity index (χ0n) is 13.4. The first kappa shape index (κ1) is 17.5. The van der Waals surface area contributed by atoms with Gasteiger partial charge in [-0.05, 0) is 43.4 Å². The maximum atomic E-state index is 11.8. The highest BCUT2D eigenvalue weighted by Crippen LogP contribution is 2.13. The number of carbonyl (C=O) groups excluding carboxylic acids is 1. The zero-order chi connectivity index (χ0) is 15.7. The molecule has 0 aromatic heterocycles. The largest absolute Gasteiger partial charge is 0.497 e. The molecule has 0 bridgehead atoms. The molecule has 1 rings (SSSR count). The molecule has 0 atom stereocenters. The summed E-state index contributed by atoms with van der Waals surface area (Å²) in [5, 5.41) is 2.95. The van der Waals surface area contributed by atoms with E-state index in [9.17, 15) is 4.79 Å². The number of nitrogens with one attached hydrogen (secondary N) is 1. The minimum atomic E-state index is -0.272. The van der Waals surface area contributed by atoms with Gasteiger partial charge >= 0.3 is 0 Å². The monoisotopic (exact) mass is 292 g/mol. The Bertz CT molecular complexity index is 425. The van der Waals surface area contributed by atoms with Gasteiger partial charge < -0.3 is 15.8 Å². The average Bonchev–Trinajstić information content (AvgIpc) is 2.53. The predicted octanol–water partition coefficient (Wildman–Crippen LogP) is 2.65. The summed E-state index contributed by atoms with van der Waals surface area (Å²) in [6.45, 7) is 4.67. The summed E-state index contributed by atoms with van der Waals surface area (Å²) in [5.41, 5.74) is 7.11. The molecule has 0 spiro atoms. The molecule has 0 fully saturated rings. The lowest BCUT2D eigenvalue weighted by Gasteiger charge is -2.26. The van der Waals surface area contributed by atoms with E-state index >= 15 is 0 Å². The van der Waals surface area contributed by atoms with Crippen molar-refractivity contribution >= 4 is 5.91 Å². The molecule has 0 heterocycles. The van der Waals surface area contributed by atoms with Crippen molar-refractivity contribution in [1.29, 1.82) is 0 Å². The van der Waals surface area contributed by atoms with Gasteiger partial charge in [0.05, 0.1) is 7.11 Å². The van der Waals surface area contributed by atoms with Crippen LogP contribution in [0.2, 0.25) is 0 Å². The maximum absolute atomic E-state index is 11.8. The lowest BCUT2D eigenvalue weighted by molar-refractivity contribution is -0.121. The van der Waals surface area contributed by atoms with Crippen molar-refractivity contribution in [2.75, 3.05) is 13.7 Å². The van der Waals surface area contributed by atoms with Crippen LogP contribution in [0.1, 0.15) is 45.1 Å². The van der Waals surface area contributed by atoms with E-state index in [1.807, 2.05) is 24.3 Å². The number of benzene rings is 1. The number of rotatable bonds is 9. The van der Waals surface area contributed by atoms with Gasteiger partial charge in [-0.3, -0.25) is 4.79 Å². The van der Waals surface area contributed by atoms with Crippen LogP contribution in [0, 0.1) is 0 Å². The van der Waals surface area contributed by atoms with Crippen molar-refractivity contribution in [2.45, 2.75) is 51.5 Å². The van der Waals surface area contributed by atoms with E-state index in [1.54, 1.807) is 7.11 Å². The van der Waals surface area contributed by atoms with Crippen molar-refractivity contribution in [3.05, 3.63) is 29.8 Å². The highest BCUT2D eigenvalue weighted by Gasteiger charge is 2.20. The molecule has 3 N–H and O–H groups in total. The molecule has 118 valence electrons. The van der Waals surface area contributed by atoms with Crippen LogP contribution < -0.4 is 15.8 Å². The molecule has 0 radical (unpaired) electrons. The number of aryl methyl sites for hydroxylation is 1. The second kappa shape index (κ2) is 8.67. The van der Waals surface area contributed by atoms with Crippen molar-refractivity contribution in [3.63, 3.8) is 0 Å². The average molecular weight is 292 g/mol. The number of methoxy groups -OCH3 is 1. The summed E-state index contributed by atoms with van der Waals surface area (Å²) in [4.78, 5) is 11.8. The zero-order valence-corrected chi connectivity index (χ0v) is 13.4. The van der Waals surface area contributed by atoms with Crippen LogP contribution in [0.5, 0.6) is 5.75 Å². The summed E-state index contributed by atoms with van der Waals surface area (Å²) >= 11 is 0. The van der Waals surface area contributed by atoms with Gasteiger partial charge in [0.2, 0.25) is 5.91 Å². The number of ether oxygens (including phenoxy) is 1. The van der Waals surface area contributed by atoms with Gasteiger partial charge in [-0.15, -0.1) is 0 Å². The van der Waals surface area contributed by atoms with Crippen LogP contribution in [0.4, 0.5) is 0 Å². The fourth-order valence-electron chi connectivity index (χ4n) is 2.11. The Hall–Kier alpha value is -1.55. The highest BCUT2D eigenvalue weighted by molar-refractivity contribution is 5.75. The fraction of sp³-hybridized carbons (Fsp3) is 0.588. The van der Waals surface area contributed by atoms with Crippen LogP contribution in [-0.4, -0.2) is 25.1 Å². The van der Waals surface area contributed by atoms with Crippen LogP contribution in [-0.2, 0) is 11.2 Å². The number of nitrogens with two attached hydrogens (primary N) is 1. The predicted molar refractivity (Wildman–Crippen MR) is 86.4 cm³/mol. The van der Waals surface area contributed by atoms with Gasteiger partial charge in [0, 0.05) is 18.5 Å². The third kappa shape index (κ3) is 6.17. The Labute approximate surface area is 128 Å². The summed E-state index contributed by atoms with van der Waals surface area (Å²) in [6.07, 6.45) is 4.02. The highest BCUT2D eigenvalue weighted by atomic mass is 16.5. The van der Waals surface area contributed by atoms with E-state index in [-0.39, 0.29) is 11.4 Å². The standard InChI is InChI=1S/C17H28N2O2/c1-4-17(18,5-2)13-19-16(20)8-6-7-14-9-11-15(21-3)12-10-14/h9-12H,4-8,13,18H2,1-3H3,(H,19,20). The first-order valence-electron chi connectivity index (χ1n) is 7.71. The van der Waals surface area contributed by atoms with Crippen LogP contribution in [0.3, 0.4) is 0 Å². The lowest BCUT2D eigenvalue weighted by Crippen LogP contribution is -2.49. The van der Waals surface area contributed by atoms with E-state index < -0.39 is 0 Å². The van der Waals surface area contributed by atoms with Crippen molar-refractivity contribution in [2.24, 2.45) is 5.73 Å². The van der Waals surface area contributed by atoms with Gasteiger partial charge in [-0.25, -0.2) is 0 Å². The molecule has 0 aliphatic rings. The molecule has 0 saturated heterocycles. The molecule has 0 unspecified atom stereocenters. The van der Waals surface area contributed by atoms with Crippen molar-refractivity contribution in [3.8, 4) is 5.75 Å². The molecule has 0 aliphatic heterocycles. The third-order valence-corrected chi connectivity index (χ3v) is 4.07. The number of hydrogen-bond acceptors (Lipinski definition) is 3. The maximum Gasteiger partial charge on any atom is 0.220 e. The molecule has 4 nitrogen and oxygen atoms in total. The molecule has 1 aromatic rings. The summed E-state index contributed by atoms with van der Waals surface area (Å²) < 4.78 is 5.12. The van der Waals surface area contributed by atoms with Crippen LogP contribution in [0.25, 0.3) is 0 Å². The number of carbonyl (C=O) groups is 1. The normalized spacial score (nSPS) is 11.2. The number of hydrogen-bond donors (Lipinski definition) is 2. The van der Waals surface area contributed by atoms with E-state index in [4.69, 9.17) is 10.5 Å². The van der Waals surface area contributed by atoms with E-state index in [1.165, 1.54) is 5.56 Å². The Morgan fingerprint density at radius 2 is 1.86 bits per heavy atom. The first-order chi connectivity index (χ1) is 10.0. The van der Waals surface area contributed by atoms with E-state index in [2.05, 4.69) is 19.2 Å². The molecule has 21 heavy (non-hydrogen) atoms. The molecular formula is C17H28N2O2. The Balaban J connectivity index is 2.26. The molecule has 0 saturated carbocycles. The Kier molecular flexibility index (Phi) is 7.23. The molecule has 4 heteroatoms. The topological polar surface area (TPSA) is 64.3 Å². The van der Waals surface area contributed by atoms with Crippen LogP contribution >= 0.6 is 0 Å². The van der Waals surface area contributed by atoms with E-state index in [0.29, 0.717) is 13.0 Å². The van der Waals surface area contributed by atoms with E-state index in [0.717, 1.165) is 31.4 Å². The quantitative estimate of drug-likeness (QED) is 0.735. The minimum absolute atomic E-state index is 0.0836. The second-order valence-electron chi connectivity index (χ2n) is 5.55. The van der Waals surface area contributed by atoms with Gasteiger partial charge in [-0.1, -0.05) is 26.0 Å². The van der Waals surface area contributed by atoms with Crippen molar-refractivity contribution < 1.29 is 9.53 Å². The minimum Gasteiger partial charge on any atom is -0.497 e. The molecule has 1 amide bonds. The van der Waals surface area contributed by atoms with Gasteiger partial charge in [0.25, 0.3) is 0 Å². The summed E-state index contributed by atoms with van der Waals surface area (Å²) in [5.74, 6) is 0.940. The fourth-order valence-corrected chi connectivity index (χ4v) is 2.11. The Morgan fingerprint density at radius 1 is 1.24 bits per heavy atom. The summed E-state index contributed by atoms with van der Waals surface area (Å²) in [7, 11) is 1.66. The molecule has 1 aromatic carbocycles. The Morgan fingerprint density at radius 3 is 2.38 bits per heavy atom. The van der Waals surface area contributed by atoms with Crippen molar-refractivity contribution in [1.82, 2.24) is 5.32 Å². The smallest absolute Gasteiger partial charge is 0.220 e. The molecule has 0 aliphatic carbocycles. The molecular weight excluding hydrogens is 264 g/mol.